The summed E-state index contributed by atoms with van der Waals surface area (Å²) in [6.45, 7) is 19.5. The van der Waals surface area contributed by atoms with Crippen LogP contribution in [0, 0.1) is 35.0 Å². The van der Waals surface area contributed by atoms with Gasteiger partial charge in [-0.2, -0.15) is 0 Å². The lowest BCUT2D eigenvalue weighted by atomic mass is 9.86. The van der Waals surface area contributed by atoms with Crippen LogP contribution in [0.4, 0.5) is 0 Å². The topological polar surface area (TPSA) is 40.6 Å². The number of piperidine rings is 2. The fraction of sp³-hybridized carbons (Fsp3) is 0.929. The summed E-state index contributed by atoms with van der Waals surface area (Å²) in [4.78, 5) is 28.4. The molecule has 0 radical (unpaired) electrons. The van der Waals surface area contributed by atoms with Crippen LogP contribution in [0.2, 0.25) is 0 Å². The van der Waals surface area contributed by atoms with E-state index in [9.17, 15) is 9.59 Å². The van der Waals surface area contributed by atoms with Gasteiger partial charge >= 0.3 is 0 Å². The van der Waals surface area contributed by atoms with Crippen molar-refractivity contribution in [3.8, 4) is 0 Å². The Hall–Kier alpha value is -1.06. The second-order valence-electron chi connectivity index (χ2n) is 12.6. The van der Waals surface area contributed by atoms with E-state index in [1.807, 2.05) is 0 Å². The number of hydrogen-bond donors (Lipinski definition) is 0. The molecule has 0 aromatic carbocycles. The Kier molecular flexibility index (Phi) is 10.5. The van der Waals surface area contributed by atoms with Gasteiger partial charge in [0.15, 0.2) is 0 Å². The lowest BCUT2D eigenvalue weighted by Gasteiger charge is -2.35. The van der Waals surface area contributed by atoms with E-state index in [0.29, 0.717) is 24.2 Å². The first-order valence-corrected chi connectivity index (χ1v) is 13.5. The van der Waals surface area contributed by atoms with Crippen LogP contribution >= 0.6 is 0 Å². The Bertz CT molecular complexity index is 571. The number of carbonyl (C=O) groups is 2. The van der Waals surface area contributed by atoms with Crippen LogP contribution in [0.15, 0.2) is 0 Å². The molecule has 3 aliphatic rings. The van der Waals surface area contributed by atoms with E-state index in [2.05, 4.69) is 58.3 Å². The molecular formula is C28H52N2O2. The highest BCUT2D eigenvalue weighted by atomic mass is 16.2. The summed E-state index contributed by atoms with van der Waals surface area (Å²) in [5.74, 6) is 4.37. The molecule has 2 aliphatic heterocycles. The monoisotopic (exact) mass is 448 g/mol. The van der Waals surface area contributed by atoms with Gasteiger partial charge in [0.2, 0.25) is 11.8 Å². The van der Waals surface area contributed by atoms with E-state index in [0.717, 1.165) is 62.7 Å². The van der Waals surface area contributed by atoms with Gasteiger partial charge in [0, 0.05) is 38.5 Å². The predicted molar refractivity (Wildman–Crippen MR) is 134 cm³/mol. The van der Waals surface area contributed by atoms with Crippen molar-refractivity contribution in [1.82, 2.24) is 9.80 Å². The van der Waals surface area contributed by atoms with Crippen molar-refractivity contribution in [3.05, 3.63) is 0 Å². The van der Waals surface area contributed by atoms with Crippen LogP contribution in [-0.2, 0) is 9.59 Å². The van der Waals surface area contributed by atoms with Crippen molar-refractivity contribution in [1.29, 1.82) is 0 Å². The molecule has 1 saturated carbocycles. The standard InChI is InChI=1S/C14H25NO.C14H27NO/c1-11(2)12-7-9-15(10-8-12)14(16)13-5-3-4-6-13;1-11(2)12-6-8-15(9-7-12)13(16)10-14(3,4)5/h11-13H,3-10H2,1-2H3;11-12H,6-10H2,1-5H3. The molecule has 2 saturated heterocycles. The zero-order valence-electron chi connectivity index (χ0n) is 22.3. The van der Waals surface area contributed by atoms with Gasteiger partial charge in [-0.05, 0) is 67.6 Å². The molecule has 2 amide bonds. The zero-order valence-corrected chi connectivity index (χ0v) is 22.3. The minimum atomic E-state index is 0.117. The molecule has 4 heteroatoms. The van der Waals surface area contributed by atoms with E-state index < -0.39 is 0 Å². The molecule has 186 valence electrons. The average Bonchev–Trinajstić information content (AvgIpc) is 3.27. The molecule has 1 aliphatic carbocycles. The third-order valence-electron chi connectivity index (χ3n) is 8.02. The minimum Gasteiger partial charge on any atom is -0.343 e. The summed E-state index contributed by atoms with van der Waals surface area (Å²) in [6.07, 6.45) is 10.3. The molecule has 0 N–H and O–H groups in total. The van der Waals surface area contributed by atoms with Gasteiger partial charge in [-0.15, -0.1) is 0 Å². The van der Waals surface area contributed by atoms with Gasteiger partial charge in [0.25, 0.3) is 0 Å². The second-order valence-corrected chi connectivity index (χ2v) is 12.6. The maximum atomic E-state index is 12.2. The Morgan fingerprint density at radius 3 is 1.50 bits per heavy atom. The minimum absolute atomic E-state index is 0.117. The summed E-state index contributed by atoms with van der Waals surface area (Å²) in [5, 5.41) is 0. The molecular weight excluding hydrogens is 396 g/mol. The predicted octanol–water partition coefficient (Wildman–Crippen LogP) is 6.39. The molecule has 0 atom stereocenters. The summed E-state index contributed by atoms with van der Waals surface area (Å²) >= 11 is 0. The average molecular weight is 449 g/mol. The van der Waals surface area contributed by atoms with Crippen molar-refractivity contribution < 1.29 is 9.59 Å². The van der Waals surface area contributed by atoms with Gasteiger partial charge < -0.3 is 9.80 Å². The lowest BCUT2D eigenvalue weighted by molar-refractivity contribution is -0.137. The molecule has 0 unspecified atom stereocenters. The van der Waals surface area contributed by atoms with Gasteiger partial charge in [0.1, 0.15) is 0 Å². The fourth-order valence-electron chi connectivity index (χ4n) is 5.60. The molecule has 3 fully saturated rings. The fourth-order valence-corrected chi connectivity index (χ4v) is 5.60. The first-order chi connectivity index (χ1) is 15.0. The van der Waals surface area contributed by atoms with Crippen LogP contribution in [0.3, 0.4) is 0 Å². The normalized spacial score (nSPS) is 21.8. The Labute approximate surface area is 198 Å². The number of likely N-dealkylation sites (tertiary alicyclic amines) is 2. The summed E-state index contributed by atoms with van der Waals surface area (Å²) in [5.41, 5.74) is 0.117. The molecule has 2 heterocycles. The lowest BCUT2D eigenvalue weighted by Crippen LogP contribution is -2.42. The van der Waals surface area contributed by atoms with E-state index in [-0.39, 0.29) is 5.41 Å². The Morgan fingerprint density at radius 1 is 0.719 bits per heavy atom. The molecule has 0 aromatic rings. The number of carbonyl (C=O) groups excluding carboxylic acids is 2. The quantitative estimate of drug-likeness (QED) is 0.500. The van der Waals surface area contributed by atoms with Crippen molar-refractivity contribution >= 4 is 11.8 Å². The van der Waals surface area contributed by atoms with Crippen LogP contribution in [0.5, 0.6) is 0 Å². The SMILES string of the molecule is CC(C)C1CCN(C(=O)C2CCCC2)CC1.CC(C)C1CCN(C(=O)CC(C)(C)C)CC1. The van der Waals surface area contributed by atoms with E-state index in [1.54, 1.807) is 0 Å². The van der Waals surface area contributed by atoms with Crippen LogP contribution in [0.1, 0.15) is 106 Å². The number of amides is 2. The number of rotatable bonds is 4. The third kappa shape index (κ3) is 8.71. The first kappa shape index (κ1) is 27.2. The highest BCUT2D eigenvalue weighted by Gasteiger charge is 2.30. The van der Waals surface area contributed by atoms with Crippen LogP contribution < -0.4 is 0 Å². The smallest absolute Gasteiger partial charge is 0.225 e. The van der Waals surface area contributed by atoms with Gasteiger partial charge in [-0.25, -0.2) is 0 Å². The van der Waals surface area contributed by atoms with Crippen molar-refractivity contribution in [2.45, 2.75) is 106 Å². The largest absolute Gasteiger partial charge is 0.343 e. The Morgan fingerprint density at radius 2 is 1.12 bits per heavy atom. The summed E-state index contributed by atoms with van der Waals surface area (Å²) in [7, 11) is 0. The second kappa shape index (κ2) is 12.4. The van der Waals surface area contributed by atoms with Crippen molar-refractivity contribution in [2.75, 3.05) is 26.2 Å². The number of nitrogens with zero attached hydrogens (tertiary/aromatic N) is 2. The highest BCUT2D eigenvalue weighted by Crippen LogP contribution is 2.30. The Balaban J connectivity index is 0.000000227. The van der Waals surface area contributed by atoms with Gasteiger partial charge in [0.05, 0.1) is 0 Å². The highest BCUT2D eigenvalue weighted by molar-refractivity contribution is 5.79. The molecule has 0 bridgehead atoms. The number of hydrogen-bond acceptors (Lipinski definition) is 2. The molecule has 32 heavy (non-hydrogen) atoms. The van der Waals surface area contributed by atoms with E-state index >= 15 is 0 Å². The van der Waals surface area contributed by atoms with Crippen LogP contribution in [0.25, 0.3) is 0 Å². The third-order valence-corrected chi connectivity index (χ3v) is 8.02. The maximum Gasteiger partial charge on any atom is 0.225 e. The van der Waals surface area contributed by atoms with Crippen molar-refractivity contribution in [2.24, 2.45) is 35.0 Å². The molecule has 0 spiro atoms. The van der Waals surface area contributed by atoms with Crippen molar-refractivity contribution in [3.63, 3.8) is 0 Å². The van der Waals surface area contributed by atoms with Crippen LogP contribution in [-0.4, -0.2) is 47.8 Å². The molecule has 0 aromatic heterocycles. The van der Waals surface area contributed by atoms with Gasteiger partial charge in [-0.1, -0.05) is 61.3 Å². The maximum absolute atomic E-state index is 12.2. The van der Waals surface area contributed by atoms with E-state index in [4.69, 9.17) is 0 Å². The zero-order chi connectivity index (χ0) is 23.9. The molecule has 3 rings (SSSR count). The summed E-state index contributed by atoms with van der Waals surface area (Å²) in [6, 6.07) is 0. The summed E-state index contributed by atoms with van der Waals surface area (Å²) < 4.78 is 0. The first-order valence-electron chi connectivity index (χ1n) is 13.5. The van der Waals surface area contributed by atoms with E-state index in [1.165, 1.54) is 38.5 Å². The van der Waals surface area contributed by atoms with Gasteiger partial charge in [-0.3, -0.25) is 9.59 Å². The molecule has 4 nitrogen and oxygen atoms in total.